The molecular formula is C6H4BClFO2. The molecule has 1 N–H and O–H groups in total. The van der Waals surface area contributed by atoms with Gasteiger partial charge in [0.05, 0.1) is 0 Å². The van der Waals surface area contributed by atoms with Crippen LogP contribution in [0.15, 0.2) is 18.2 Å². The van der Waals surface area contributed by atoms with Crippen molar-refractivity contribution < 1.29 is 14.1 Å². The van der Waals surface area contributed by atoms with E-state index >= 15 is 0 Å². The summed E-state index contributed by atoms with van der Waals surface area (Å²) in [6.45, 7) is 0. The van der Waals surface area contributed by atoms with Gasteiger partial charge in [-0.25, -0.2) is 4.39 Å². The molecule has 1 radical (unpaired) electrons. The van der Waals surface area contributed by atoms with E-state index in [0.29, 0.717) is 7.69 Å². The smallest absolute Gasteiger partial charge is 0.535 e. The summed E-state index contributed by atoms with van der Waals surface area (Å²) < 4.78 is 17.1. The molecular weight excluding hydrogens is 169 g/mol. The monoisotopic (exact) mass is 173 g/mol. The molecule has 0 spiro atoms. The third-order valence-electron chi connectivity index (χ3n) is 1.07. The highest BCUT2D eigenvalue weighted by Crippen LogP contribution is 2.20. The van der Waals surface area contributed by atoms with Crippen LogP contribution in [0.2, 0.25) is 5.02 Å². The zero-order chi connectivity index (χ0) is 8.27. The van der Waals surface area contributed by atoms with Crippen molar-refractivity contribution in [1.82, 2.24) is 0 Å². The quantitative estimate of drug-likeness (QED) is 0.685. The van der Waals surface area contributed by atoms with Gasteiger partial charge in [-0.3, -0.25) is 0 Å². The van der Waals surface area contributed by atoms with Crippen LogP contribution in [0.3, 0.4) is 0 Å². The number of benzene rings is 1. The molecule has 0 amide bonds. The van der Waals surface area contributed by atoms with Crippen LogP contribution in [0.1, 0.15) is 0 Å². The van der Waals surface area contributed by atoms with Gasteiger partial charge in [0.25, 0.3) is 0 Å². The van der Waals surface area contributed by atoms with Crippen molar-refractivity contribution in [2.75, 3.05) is 0 Å². The van der Waals surface area contributed by atoms with Crippen molar-refractivity contribution in [1.29, 1.82) is 0 Å². The largest absolute Gasteiger partial charge is 0.569 e. The van der Waals surface area contributed by atoms with Crippen molar-refractivity contribution >= 4 is 19.3 Å². The molecule has 0 unspecified atom stereocenters. The molecule has 5 heteroatoms. The van der Waals surface area contributed by atoms with Gasteiger partial charge in [-0.2, -0.15) is 0 Å². The van der Waals surface area contributed by atoms with Crippen LogP contribution in [-0.2, 0) is 0 Å². The Morgan fingerprint density at radius 1 is 1.55 bits per heavy atom. The molecule has 0 atom stereocenters. The lowest BCUT2D eigenvalue weighted by molar-refractivity contribution is 0.432. The van der Waals surface area contributed by atoms with Gasteiger partial charge in [-0.05, 0) is 18.2 Å². The van der Waals surface area contributed by atoms with E-state index in [1.165, 1.54) is 12.1 Å². The fourth-order valence-corrected chi connectivity index (χ4v) is 0.786. The van der Waals surface area contributed by atoms with Crippen LogP contribution in [0.25, 0.3) is 0 Å². The van der Waals surface area contributed by atoms with Gasteiger partial charge in [0.1, 0.15) is 5.75 Å². The Labute approximate surface area is 68.9 Å². The maximum Gasteiger partial charge on any atom is 0.569 e. The fraction of sp³-hybridized carbons (Fsp3) is 0. The summed E-state index contributed by atoms with van der Waals surface area (Å²) in [7, 11) is 0.409. The molecule has 0 aliphatic heterocycles. The van der Waals surface area contributed by atoms with E-state index in [-0.39, 0.29) is 10.8 Å². The van der Waals surface area contributed by atoms with Crippen LogP contribution in [-0.4, -0.2) is 12.7 Å². The third-order valence-corrected chi connectivity index (χ3v) is 1.31. The Morgan fingerprint density at radius 2 is 2.27 bits per heavy atom. The van der Waals surface area contributed by atoms with Crippen molar-refractivity contribution in [3.8, 4) is 5.75 Å². The van der Waals surface area contributed by atoms with Crippen molar-refractivity contribution in [3.63, 3.8) is 0 Å². The number of hydrogen-bond donors (Lipinski definition) is 1. The standard InChI is InChI=1S/C6H4BClFO2/c8-4-1-2-6(11-7-10)5(9)3-4/h1-3,10H. The third kappa shape index (κ3) is 2.10. The molecule has 0 aromatic heterocycles. The Balaban J connectivity index is 2.90. The topological polar surface area (TPSA) is 29.5 Å². The van der Waals surface area contributed by atoms with E-state index in [2.05, 4.69) is 4.65 Å². The fourth-order valence-electron chi connectivity index (χ4n) is 0.628. The van der Waals surface area contributed by atoms with Gasteiger partial charge in [-0.1, -0.05) is 11.6 Å². The molecule has 0 fully saturated rings. The molecule has 0 aliphatic rings. The Kier molecular flexibility index (Phi) is 2.73. The first-order valence-corrected chi connectivity index (χ1v) is 3.19. The number of halogens is 2. The lowest BCUT2D eigenvalue weighted by Crippen LogP contribution is -2.01. The predicted molar refractivity (Wildman–Crippen MR) is 40.0 cm³/mol. The first kappa shape index (κ1) is 8.36. The van der Waals surface area contributed by atoms with Crippen molar-refractivity contribution in [2.45, 2.75) is 0 Å². The highest BCUT2D eigenvalue weighted by atomic mass is 35.5. The highest BCUT2D eigenvalue weighted by Gasteiger charge is 2.02. The van der Waals surface area contributed by atoms with Crippen LogP contribution < -0.4 is 4.65 Å². The average Bonchev–Trinajstić information content (AvgIpc) is 1.95. The second-order valence-electron chi connectivity index (χ2n) is 1.80. The summed E-state index contributed by atoms with van der Waals surface area (Å²) in [6.07, 6.45) is 0. The summed E-state index contributed by atoms with van der Waals surface area (Å²) in [5, 5.41) is 8.45. The minimum absolute atomic E-state index is 0.0584. The van der Waals surface area contributed by atoms with Crippen molar-refractivity contribution in [2.24, 2.45) is 0 Å². The minimum atomic E-state index is -0.609. The van der Waals surface area contributed by atoms with Gasteiger partial charge in [-0.15, -0.1) is 0 Å². The minimum Gasteiger partial charge on any atom is -0.535 e. The average molecular weight is 173 g/mol. The van der Waals surface area contributed by atoms with E-state index in [1.54, 1.807) is 0 Å². The maximum atomic E-state index is 12.7. The molecule has 57 valence electrons. The van der Waals surface area contributed by atoms with Crippen LogP contribution >= 0.6 is 11.6 Å². The summed E-state index contributed by atoms with van der Waals surface area (Å²) in [6, 6.07) is 3.88. The van der Waals surface area contributed by atoms with Gasteiger partial charge >= 0.3 is 7.69 Å². The normalized spacial score (nSPS) is 9.36. The van der Waals surface area contributed by atoms with E-state index < -0.39 is 5.82 Å². The second kappa shape index (κ2) is 3.60. The Bertz CT molecular complexity index is 256. The van der Waals surface area contributed by atoms with E-state index in [1.807, 2.05) is 0 Å². The van der Waals surface area contributed by atoms with E-state index in [0.717, 1.165) is 6.07 Å². The second-order valence-corrected chi connectivity index (χ2v) is 2.23. The molecule has 11 heavy (non-hydrogen) atoms. The molecule has 1 aromatic rings. The number of rotatable bonds is 2. The van der Waals surface area contributed by atoms with E-state index in [4.69, 9.17) is 16.6 Å². The molecule has 0 aliphatic carbocycles. The summed E-state index contributed by atoms with van der Waals surface area (Å²) in [5.41, 5.74) is 0. The summed E-state index contributed by atoms with van der Waals surface area (Å²) >= 11 is 5.45. The molecule has 2 nitrogen and oxygen atoms in total. The Morgan fingerprint density at radius 3 is 2.82 bits per heavy atom. The molecule has 0 saturated heterocycles. The van der Waals surface area contributed by atoms with Crippen LogP contribution in [0.4, 0.5) is 4.39 Å². The van der Waals surface area contributed by atoms with Crippen LogP contribution in [0, 0.1) is 5.82 Å². The maximum absolute atomic E-state index is 12.7. The molecule has 1 rings (SSSR count). The predicted octanol–water partition coefficient (Wildman–Crippen LogP) is 1.38. The molecule has 0 saturated carbocycles. The van der Waals surface area contributed by atoms with E-state index in [9.17, 15) is 4.39 Å². The van der Waals surface area contributed by atoms with Gasteiger partial charge in [0.15, 0.2) is 5.82 Å². The zero-order valence-corrected chi connectivity index (χ0v) is 6.18. The summed E-state index contributed by atoms with van der Waals surface area (Å²) in [5.74, 6) is -0.667. The SMILES string of the molecule is O[B]Oc1ccc(Cl)cc1F. The molecule has 1 aromatic carbocycles. The lowest BCUT2D eigenvalue weighted by atomic mass is 10.3. The zero-order valence-electron chi connectivity index (χ0n) is 5.42. The lowest BCUT2D eigenvalue weighted by Gasteiger charge is -2.01. The van der Waals surface area contributed by atoms with Gasteiger partial charge in [0, 0.05) is 5.02 Å². The van der Waals surface area contributed by atoms with Gasteiger partial charge in [0.2, 0.25) is 0 Å². The van der Waals surface area contributed by atoms with Crippen LogP contribution in [0.5, 0.6) is 5.75 Å². The summed E-state index contributed by atoms with van der Waals surface area (Å²) in [4.78, 5) is 0. The van der Waals surface area contributed by atoms with Gasteiger partial charge < -0.3 is 9.68 Å². The first-order chi connectivity index (χ1) is 5.24. The molecule has 0 heterocycles. The first-order valence-electron chi connectivity index (χ1n) is 2.81. The highest BCUT2D eigenvalue weighted by molar-refractivity contribution is 6.30. The number of hydrogen-bond acceptors (Lipinski definition) is 2. The van der Waals surface area contributed by atoms with Crippen molar-refractivity contribution in [3.05, 3.63) is 29.0 Å². The molecule has 0 bridgehead atoms. The Hall–Kier alpha value is -0.735.